The van der Waals surface area contributed by atoms with Gasteiger partial charge in [-0.1, -0.05) is 18.2 Å². The Labute approximate surface area is 94.0 Å². The molecule has 0 amide bonds. The van der Waals surface area contributed by atoms with Crippen molar-refractivity contribution < 1.29 is 14.6 Å². The Morgan fingerprint density at radius 1 is 1.25 bits per heavy atom. The lowest BCUT2D eigenvalue weighted by Gasteiger charge is -2.34. The van der Waals surface area contributed by atoms with Gasteiger partial charge in [0.05, 0.1) is 11.7 Å². The molecule has 1 aromatic rings. The molecule has 0 radical (unpaired) electrons. The summed E-state index contributed by atoms with van der Waals surface area (Å²) in [4.78, 5) is 11.7. The van der Waals surface area contributed by atoms with E-state index in [9.17, 15) is 9.90 Å². The molecule has 0 saturated heterocycles. The van der Waals surface area contributed by atoms with Crippen LogP contribution < -0.4 is 0 Å². The van der Waals surface area contributed by atoms with Crippen molar-refractivity contribution in [2.24, 2.45) is 0 Å². The van der Waals surface area contributed by atoms with E-state index in [1.807, 2.05) is 24.3 Å². The van der Waals surface area contributed by atoms with Crippen molar-refractivity contribution in [2.45, 2.75) is 37.4 Å². The van der Waals surface area contributed by atoms with Crippen LogP contribution in [-0.2, 0) is 10.3 Å². The summed E-state index contributed by atoms with van der Waals surface area (Å²) in [6.45, 7) is 0. The van der Waals surface area contributed by atoms with Crippen molar-refractivity contribution in [3.05, 3.63) is 35.4 Å². The summed E-state index contributed by atoms with van der Waals surface area (Å²) < 4.78 is 5.56. The smallest absolute Gasteiger partial charge is 0.339 e. The van der Waals surface area contributed by atoms with Crippen LogP contribution in [0.1, 0.15) is 41.6 Å². The fourth-order valence-electron chi connectivity index (χ4n) is 2.79. The van der Waals surface area contributed by atoms with Gasteiger partial charge in [-0.15, -0.1) is 0 Å². The third-order valence-corrected chi connectivity index (χ3v) is 3.69. The van der Waals surface area contributed by atoms with Crippen LogP contribution in [0.25, 0.3) is 0 Å². The number of esters is 1. The maximum Gasteiger partial charge on any atom is 0.339 e. The van der Waals surface area contributed by atoms with Crippen molar-refractivity contribution >= 4 is 5.97 Å². The van der Waals surface area contributed by atoms with Crippen LogP contribution in [0.4, 0.5) is 0 Å². The average Bonchev–Trinajstić information content (AvgIpc) is 2.58. The lowest BCUT2D eigenvalue weighted by Crippen LogP contribution is -2.33. The monoisotopic (exact) mass is 218 g/mol. The maximum atomic E-state index is 11.7. The second-order valence-electron chi connectivity index (χ2n) is 4.66. The number of hydrogen-bond donors (Lipinski definition) is 1. The van der Waals surface area contributed by atoms with Gasteiger partial charge < -0.3 is 9.84 Å². The highest BCUT2D eigenvalue weighted by Gasteiger charge is 2.46. The first-order chi connectivity index (χ1) is 7.71. The minimum Gasteiger partial charge on any atom is -0.451 e. The summed E-state index contributed by atoms with van der Waals surface area (Å²) in [7, 11) is 0. The highest BCUT2D eigenvalue weighted by molar-refractivity contribution is 5.94. The summed E-state index contributed by atoms with van der Waals surface area (Å²) in [6.07, 6.45) is 2.65. The fourth-order valence-corrected chi connectivity index (χ4v) is 2.79. The van der Waals surface area contributed by atoms with E-state index in [0.717, 1.165) is 18.4 Å². The van der Waals surface area contributed by atoms with Crippen LogP contribution in [-0.4, -0.2) is 17.2 Å². The number of benzene rings is 1. The van der Waals surface area contributed by atoms with Crippen LogP contribution in [0.15, 0.2) is 24.3 Å². The summed E-state index contributed by atoms with van der Waals surface area (Å²) >= 11 is 0. The zero-order valence-corrected chi connectivity index (χ0v) is 8.98. The summed E-state index contributed by atoms with van der Waals surface area (Å²) in [6, 6.07) is 7.58. The van der Waals surface area contributed by atoms with E-state index >= 15 is 0 Å². The van der Waals surface area contributed by atoms with Gasteiger partial charge in [-0.3, -0.25) is 0 Å². The van der Waals surface area contributed by atoms with Gasteiger partial charge in [0.2, 0.25) is 0 Å². The molecular formula is C13H14O3. The molecule has 0 unspecified atom stereocenters. The highest BCUT2D eigenvalue weighted by Crippen LogP contribution is 2.46. The van der Waals surface area contributed by atoms with E-state index in [4.69, 9.17) is 4.74 Å². The van der Waals surface area contributed by atoms with Crippen LogP contribution in [0.3, 0.4) is 0 Å². The Hall–Kier alpha value is -1.35. The van der Waals surface area contributed by atoms with Crippen molar-refractivity contribution in [1.82, 2.24) is 0 Å². The number of ether oxygens (including phenoxy) is 1. The van der Waals surface area contributed by atoms with Gasteiger partial charge in [0.15, 0.2) is 0 Å². The van der Waals surface area contributed by atoms with E-state index in [1.54, 1.807) is 0 Å². The third kappa shape index (κ3) is 1.28. The summed E-state index contributed by atoms with van der Waals surface area (Å²) in [5.74, 6) is -0.216. The Morgan fingerprint density at radius 3 is 2.69 bits per heavy atom. The first-order valence-corrected chi connectivity index (χ1v) is 5.72. The molecule has 1 aliphatic carbocycles. The molecule has 84 valence electrons. The average molecular weight is 218 g/mol. The molecule has 1 aromatic carbocycles. The van der Waals surface area contributed by atoms with E-state index in [1.165, 1.54) is 0 Å². The van der Waals surface area contributed by atoms with Crippen LogP contribution >= 0.6 is 0 Å². The van der Waals surface area contributed by atoms with Gasteiger partial charge in [-0.05, 0) is 31.7 Å². The largest absolute Gasteiger partial charge is 0.451 e. The standard InChI is InChI=1S/C13H14O3/c14-9-5-7-13(8-6-9)11-4-2-1-3-10(11)12(15)16-13/h1-4,9,14H,5-8H2. The zero-order valence-electron chi connectivity index (χ0n) is 8.98. The van der Waals surface area contributed by atoms with Gasteiger partial charge in [0.25, 0.3) is 0 Å². The fraction of sp³-hybridized carbons (Fsp3) is 0.462. The molecule has 1 aliphatic heterocycles. The van der Waals surface area contributed by atoms with E-state index < -0.39 is 5.60 Å². The quantitative estimate of drug-likeness (QED) is 0.677. The van der Waals surface area contributed by atoms with Crippen LogP contribution in [0.2, 0.25) is 0 Å². The molecule has 1 spiro atoms. The minimum absolute atomic E-state index is 0.216. The Bertz CT molecular complexity index is 431. The SMILES string of the molecule is O=C1OC2(CCC(O)CC2)c2ccccc21. The third-order valence-electron chi connectivity index (χ3n) is 3.69. The molecule has 3 heteroatoms. The molecule has 0 aromatic heterocycles. The Balaban J connectivity index is 2.02. The second-order valence-corrected chi connectivity index (χ2v) is 4.66. The number of carbonyl (C=O) groups is 1. The highest BCUT2D eigenvalue weighted by atomic mass is 16.6. The second kappa shape index (κ2) is 3.32. The van der Waals surface area contributed by atoms with Crippen molar-refractivity contribution in [2.75, 3.05) is 0 Å². The molecule has 1 heterocycles. The lowest BCUT2D eigenvalue weighted by molar-refractivity contribution is -0.0494. The van der Waals surface area contributed by atoms with Gasteiger partial charge in [-0.2, -0.15) is 0 Å². The van der Waals surface area contributed by atoms with E-state index in [2.05, 4.69) is 0 Å². The number of fused-ring (bicyclic) bond motifs is 2. The predicted octanol–water partition coefficient (Wildman–Crippen LogP) is 1.99. The first kappa shape index (κ1) is 9.85. The lowest BCUT2D eigenvalue weighted by atomic mass is 9.78. The number of hydrogen-bond acceptors (Lipinski definition) is 3. The number of carbonyl (C=O) groups excluding carboxylic acids is 1. The van der Waals surface area contributed by atoms with E-state index in [0.29, 0.717) is 18.4 Å². The molecule has 16 heavy (non-hydrogen) atoms. The molecule has 2 aliphatic rings. The number of aliphatic hydroxyl groups is 1. The molecule has 3 nitrogen and oxygen atoms in total. The normalized spacial score (nSPS) is 32.6. The number of rotatable bonds is 0. The van der Waals surface area contributed by atoms with Crippen molar-refractivity contribution in [1.29, 1.82) is 0 Å². The van der Waals surface area contributed by atoms with Crippen LogP contribution in [0, 0.1) is 0 Å². The predicted molar refractivity (Wildman–Crippen MR) is 58.0 cm³/mol. The minimum atomic E-state index is -0.451. The van der Waals surface area contributed by atoms with Crippen molar-refractivity contribution in [3.63, 3.8) is 0 Å². The van der Waals surface area contributed by atoms with Gasteiger partial charge in [0, 0.05) is 5.56 Å². The summed E-state index contributed by atoms with van der Waals surface area (Å²) in [5, 5.41) is 9.53. The maximum absolute atomic E-state index is 11.7. The van der Waals surface area contributed by atoms with Crippen molar-refractivity contribution in [3.8, 4) is 0 Å². The zero-order chi connectivity index (χ0) is 11.2. The Morgan fingerprint density at radius 2 is 1.94 bits per heavy atom. The molecule has 1 fully saturated rings. The molecule has 1 N–H and O–H groups in total. The molecular weight excluding hydrogens is 204 g/mol. The molecule has 1 saturated carbocycles. The van der Waals surface area contributed by atoms with Gasteiger partial charge >= 0.3 is 5.97 Å². The molecule has 0 atom stereocenters. The van der Waals surface area contributed by atoms with E-state index in [-0.39, 0.29) is 12.1 Å². The Kier molecular flexibility index (Phi) is 2.04. The van der Waals surface area contributed by atoms with Crippen LogP contribution in [0.5, 0.6) is 0 Å². The molecule has 3 rings (SSSR count). The molecule has 0 bridgehead atoms. The topological polar surface area (TPSA) is 46.5 Å². The van der Waals surface area contributed by atoms with Gasteiger partial charge in [-0.25, -0.2) is 4.79 Å². The summed E-state index contributed by atoms with van der Waals surface area (Å²) in [5.41, 5.74) is 1.25. The first-order valence-electron chi connectivity index (χ1n) is 5.72. The number of aliphatic hydroxyl groups excluding tert-OH is 1. The van der Waals surface area contributed by atoms with Gasteiger partial charge in [0.1, 0.15) is 5.60 Å².